The van der Waals surface area contributed by atoms with Gasteiger partial charge in [0.1, 0.15) is 6.61 Å². The highest BCUT2D eigenvalue weighted by Crippen LogP contribution is 2.43. The minimum Gasteiger partial charge on any atom is -0.463 e. The highest BCUT2D eigenvalue weighted by atomic mass is 16.6. The molecule has 2 fully saturated rings. The Kier molecular flexibility index (Phi) is 2.72. The van der Waals surface area contributed by atoms with E-state index in [-0.39, 0.29) is 18.0 Å². The number of ether oxygens (including phenoxy) is 2. The van der Waals surface area contributed by atoms with Crippen LogP contribution in [0.25, 0.3) is 0 Å². The molecule has 16 heavy (non-hydrogen) atoms. The van der Waals surface area contributed by atoms with Gasteiger partial charge in [-0.15, -0.1) is 0 Å². The first-order valence-electron chi connectivity index (χ1n) is 6.29. The molecule has 2 aliphatic carbocycles. The lowest BCUT2D eigenvalue weighted by atomic mass is 9.94. The lowest BCUT2D eigenvalue weighted by Crippen LogP contribution is -2.25. The van der Waals surface area contributed by atoms with Crippen molar-refractivity contribution in [1.29, 1.82) is 0 Å². The third-order valence-electron chi connectivity index (χ3n) is 4.02. The molecule has 0 amide bonds. The molecule has 0 N–H and O–H groups in total. The first-order chi connectivity index (χ1) is 7.83. The first-order valence-corrected chi connectivity index (χ1v) is 6.29. The summed E-state index contributed by atoms with van der Waals surface area (Å²) in [4.78, 5) is 11.9. The van der Waals surface area contributed by atoms with Crippen molar-refractivity contribution in [3.05, 3.63) is 12.2 Å². The van der Waals surface area contributed by atoms with Gasteiger partial charge in [0, 0.05) is 6.61 Å². The second-order valence-electron chi connectivity index (χ2n) is 5.15. The van der Waals surface area contributed by atoms with Crippen molar-refractivity contribution in [2.45, 2.75) is 31.8 Å². The Hall–Kier alpha value is -0.830. The van der Waals surface area contributed by atoms with E-state index in [0.717, 1.165) is 32.3 Å². The molecule has 0 unspecified atom stereocenters. The third-order valence-corrected chi connectivity index (χ3v) is 4.02. The number of hydrogen-bond donors (Lipinski definition) is 0. The molecule has 3 heteroatoms. The van der Waals surface area contributed by atoms with Gasteiger partial charge in [0.2, 0.25) is 0 Å². The Labute approximate surface area is 95.8 Å². The van der Waals surface area contributed by atoms with Crippen LogP contribution in [0.3, 0.4) is 0 Å². The van der Waals surface area contributed by atoms with Crippen LogP contribution in [0.15, 0.2) is 12.2 Å². The topological polar surface area (TPSA) is 35.5 Å². The molecule has 4 atom stereocenters. The standard InChI is InChI=1S/C13H18O3/c14-13(16-8-11-2-1-5-15-11)12-7-9-3-4-10(12)6-9/h3-4,9-12H,1-2,5-8H2/t9-,10+,11+,12-/m0/s1. The maximum absolute atomic E-state index is 11.9. The zero-order valence-electron chi connectivity index (χ0n) is 9.43. The van der Waals surface area contributed by atoms with Crippen molar-refractivity contribution in [2.75, 3.05) is 13.2 Å². The summed E-state index contributed by atoms with van der Waals surface area (Å²) < 4.78 is 10.8. The maximum Gasteiger partial charge on any atom is 0.309 e. The monoisotopic (exact) mass is 222 g/mol. The molecule has 3 rings (SSSR count). The normalized spacial score (nSPS) is 40.5. The van der Waals surface area contributed by atoms with E-state index in [4.69, 9.17) is 9.47 Å². The zero-order valence-corrected chi connectivity index (χ0v) is 9.43. The SMILES string of the molecule is O=C(OC[C@H]1CCCO1)[C@H]1C[C@H]2C=C[C@@H]1C2. The zero-order chi connectivity index (χ0) is 11.0. The van der Waals surface area contributed by atoms with Crippen molar-refractivity contribution >= 4 is 5.97 Å². The highest BCUT2D eigenvalue weighted by Gasteiger charge is 2.40. The predicted molar refractivity (Wildman–Crippen MR) is 58.8 cm³/mol. The molecule has 1 saturated carbocycles. The smallest absolute Gasteiger partial charge is 0.309 e. The molecule has 0 radical (unpaired) electrons. The van der Waals surface area contributed by atoms with E-state index in [9.17, 15) is 4.79 Å². The van der Waals surface area contributed by atoms with Crippen LogP contribution in [-0.2, 0) is 14.3 Å². The van der Waals surface area contributed by atoms with Gasteiger partial charge in [-0.25, -0.2) is 0 Å². The average molecular weight is 222 g/mol. The molecule has 3 aliphatic rings. The van der Waals surface area contributed by atoms with E-state index in [1.54, 1.807) is 0 Å². The Morgan fingerprint density at radius 2 is 2.31 bits per heavy atom. The Balaban J connectivity index is 1.48. The number of esters is 1. The number of fused-ring (bicyclic) bond motifs is 2. The van der Waals surface area contributed by atoms with Crippen LogP contribution in [0.1, 0.15) is 25.7 Å². The molecular formula is C13H18O3. The van der Waals surface area contributed by atoms with Gasteiger partial charge in [-0.2, -0.15) is 0 Å². The van der Waals surface area contributed by atoms with Gasteiger partial charge in [0.25, 0.3) is 0 Å². The highest BCUT2D eigenvalue weighted by molar-refractivity contribution is 5.74. The number of hydrogen-bond acceptors (Lipinski definition) is 3. The van der Waals surface area contributed by atoms with Crippen LogP contribution in [-0.4, -0.2) is 25.3 Å². The van der Waals surface area contributed by atoms with Crippen LogP contribution >= 0.6 is 0 Å². The van der Waals surface area contributed by atoms with Crippen LogP contribution in [0, 0.1) is 17.8 Å². The fraction of sp³-hybridized carbons (Fsp3) is 0.769. The molecule has 88 valence electrons. The lowest BCUT2D eigenvalue weighted by molar-refractivity contribution is -0.152. The van der Waals surface area contributed by atoms with Gasteiger partial charge in [-0.05, 0) is 37.5 Å². The summed E-state index contributed by atoms with van der Waals surface area (Å²) >= 11 is 0. The molecule has 0 aromatic carbocycles. The van der Waals surface area contributed by atoms with Crippen molar-refractivity contribution in [2.24, 2.45) is 17.8 Å². The summed E-state index contributed by atoms with van der Waals surface area (Å²) in [6.45, 7) is 1.27. The second-order valence-corrected chi connectivity index (χ2v) is 5.15. The molecule has 1 heterocycles. The Morgan fingerprint density at radius 3 is 2.94 bits per heavy atom. The molecule has 0 spiro atoms. The van der Waals surface area contributed by atoms with Gasteiger partial charge < -0.3 is 9.47 Å². The van der Waals surface area contributed by atoms with Crippen LogP contribution in [0.4, 0.5) is 0 Å². The summed E-state index contributed by atoms with van der Waals surface area (Å²) in [6, 6.07) is 0. The number of allylic oxidation sites excluding steroid dienone is 2. The van der Waals surface area contributed by atoms with E-state index in [1.807, 2.05) is 0 Å². The summed E-state index contributed by atoms with van der Waals surface area (Å²) in [6.07, 6.45) is 8.85. The summed E-state index contributed by atoms with van der Waals surface area (Å²) in [5.41, 5.74) is 0. The first kappa shape index (κ1) is 10.3. The van der Waals surface area contributed by atoms with Crippen LogP contribution in [0.5, 0.6) is 0 Å². The third kappa shape index (κ3) is 1.88. The fourth-order valence-electron chi connectivity index (χ4n) is 3.11. The summed E-state index contributed by atoms with van der Waals surface area (Å²) in [5.74, 6) is 1.19. The Bertz CT molecular complexity index is 304. The van der Waals surface area contributed by atoms with Gasteiger partial charge in [-0.3, -0.25) is 4.79 Å². The minimum atomic E-state index is -0.00708. The Morgan fingerprint density at radius 1 is 1.38 bits per heavy atom. The molecule has 1 aliphatic heterocycles. The van der Waals surface area contributed by atoms with Gasteiger partial charge in [0.05, 0.1) is 12.0 Å². The van der Waals surface area contributed by atoms with Gasteiger partial charge >= 0.3 is 5.97 Å². The molecule has 2 bridgehead atoms. The maximum atomic E-state index is 11.9. The second kappa shape index (κ2) is 4.21. The van der Waals surface area contributed by atoms with Gasteiger partial charge in [0.15, 0.2) is 0 Å². The molecule has 0 aromatic heterocycles. The van der Waals surface area contributed by atoms with E-state index in [1.165, 1.54) is 0 Å². The van der Waals surface area contributed by atoms with Crippen molar-refractivity contribution in [3.8, 4) is 0 Å². The van der Waals surface area contributed by atoms with E-state index >= 15 is 0 Å². The minimum absolute atomic E-state index is 0.00708. The number of carbonyl (C=O) groups excluding carboxylic acids is 1. The van der Waals surface area contributed by atoms with Crippen LogP contribution < -0.4 is 0 Å². The van der Waals surface area contributed by atoms with Crippen molar-refractivity contribution in [3.63, 3.8) is 0 Å². The molecule has 0 aromatic rings. The molecule has 3 nitrogen and oxygen atoms in total. The summed E-state index contributed by atoms with van der Waals surface area (Å²) in [5, 5.41) is 0. The van der Waals surface area contributed by atoms with Crippen LogP contribution in [0.2, 0.25) is 0 Å². The average Bonchev–Trinajstić information content (AvgIpc) is 3.01. The molecule has 1 saturated heterocycles. The summed E-state index contributed by atoms with van der Waals surface area (Å²) in [7, 11) is 0. The van der Waals surface area contributed by atoms with E-state index in [0.29, 0.717) is 18.4 Å². The lowest BCUT2D eigenvalue weighted by Gasteiger charge is -2.18. The number of rotatable bonds is 3. The number of carbonyl (C=O) groups is 1. The van der Waals surface area contributed by atoms with Gasteiger partial charge in [-0.1, -0.05) is 12.2 Å². The predicted octanol–water partition coefficient (Wildman–Crippen LogP) is 1.92. The van der Waals surface area contributed by atoms with E-state index < -0.39 is 0 Å². The van der Waals surface area contributed by atoms with Crippen molar-refractivity contribution < 1.29 is 14.3 Å². The largest absolute Gasteiger partial charge is 0.463 e. The van der Waals surface area contributed by atoms with Crippen molar-refractivity contribution in [1.82, 2.24) is 0 Å². The van der Waals surface area contributed by atoms with E-state index in [2.05, 4.69) is 12.2 Å². The quantitative estimate of drug-likeness (QED) is 0.540. The fourth-order valence-corrected chi connectivity index (χ4v) is 3.11. The molecular weight excluding hydrogens is 204 g/mol.